The van der Waals surface area contributed by atoms with E-state index in [9.17, 15) is 13.2 Å². The molecule has 0 aromatic heterocycles. The SMILES string of the molecule is NS(=O)(=O)c1ccc(CC(=O)Nc2ccccc2OCCc2ccccc2)cc1. The molecule has 3 rings (SSSR count). The predicted octanol–water partition coefficient (Wildman–Crippen LogP) is 3.14. The third-order valence-corrected chi connectivity index (χ3v) is 5.20. The van der Waals surface area contributed by atoms with Crippen molar-refractivity contribution in [3.8, 4) is 5.75 Å². The zero-order valence-corrected chi connectivity index (χ0v) is 16.6. The Morgan fingerprint density at radius 3 is 2.21 bits per heavy atom. The molecule has 0 saturated heterocycles. The molecule has 0 saturated carbocycles. The Morgan fingerprint density at radius 1 is 0.862 bits per heavy atom. The largest absolute Gasteiger partial charge is 0.491 e. The van der Waals surface area contributed by atoms with Gasteiger partial charge in [0.2, 0.25) is 15.9 Å². The number of sulfonamides is 1. The number of nitrogens with one attached hydrogen (secondary N) is 1. The molecule has 0 bridgehead atoms. The van der Waals surface area contributed by atoms with E-state index in [2.05, 4.69) is 5.32 Å². The molecule has 0 unspecified atom stereocenters. The quantitative estimate of drug-likeness (QED) is 0.596. The zero-order chi connectivity index (χ0) is 20.7. The number of anilines is 1. The Hall–Kier alpha value is -3.16. The molecular formula is C22H22N2O4S. The third kappa shape index (κ3) is 6.17. The molecule has 29 heavy (non-hydrogen) atoms. The lowest BCUT2D eigenvalue weighted by atomic mass is 10.1. The van der Waals surface area contributed by atoms with Crippen LogP contribution in [-0.4, -0.2) is 20.9 Å². The van der Waals surface area contributed by atoms with Gasteiger partial charge in [-0.2, -0.15) is 0 Å². The summed E-state index contributed by atoms with van der Waals surface area (Å²) >= 11 is 0. The van der Waals surface area contributed by atoms with Crippen molar-refractivity contribution in [1.82, 2.24) is 0 Å². The van der Waals surface area contributed by atoms with Crippen molar-refractivity contribution in [2.45, 2.75) is 17.7 Å². The van der Waals surface area contributed by atoms with Crippen LogP contribution in [0.1, 0.15) is 11.1 Å². The summed E-state index contributed by atoms with van der Waals surface area (Å²) in [5.41, 5.74) is 2.45. The molecule has 0 heterocycles. The molecule has 3 N–H and O–H groups in total. The maximum absolute atomic E-state index is 12.4. The van der Waals surface area contributed by atoms with Gasteiger partial charge < -0.3 is 10.1 Å². The number of carbonyl (C=O) groups excluding carboxylic acids is 1. The first-order chi connectivity index (χ1) is 13.9. The molecule has 0 fully saturated rings. The molecule has 0 radical (unpaired) electrons. The van der Waals surface area contributed by atoms with Gasteiger partial charge in [-0.3, -0.25) is 4.79 Å². The zero-order valence-electron chi connectivity index (χ0n) is 15.7. The second-order valence-electron chi connectivity index (χ2n) is 6.49. The van der Waals surface area contributed by atoms with E-state index in [1.807, 2.05) is 48.5 Å². The minimum atomic E-state index is -3.75. The van der Waals surface area contributed by atoms with Crippen molar-refractivity contribution in [2.75, 3.05) is 11.9 Å². The van der Waals surface area contributed by atoms with Crippen molar-refractivity contribution in [3.63, 3.8) is 0 Å². The molecular weight excluding hydrogens is 388 g/mol. The number of nitrogens with two attached hydrogens (primary N) is 1. The van der Waals surface area contributed by atoms with Crippen LogP contribution in [0.3, 0.4) is 0 Å². The van der Waals surface area contributed by atoms with Gasteiger partial charge in [0.25, 0.3) is 0 Å². The van der Waals surface area contributed by atoms with Crippen LogP contribution in [0.25, 0.3) is 0 Å². The van der Waals surface area contributed by atoms with Crippen LogP contribution in [0.5, 0.6) is 5.75 Å². The van der Waals surface area contributed by atoms with Crippen LogP contribution in [0.15, 0.2) is 83.8 Å². The minimum absolute atomic E-state index is 0.0128. The molecule has 1 amide bonds. The highest BCUT2D eigenvalue weighted by Crippen LogP contribution is 2.24. The Labute approximate surface area is 170 Å². The maximum atomic E-state index is 12.4. The van der Waals surface area contributed by atoms with Crippen molar-refractivity contribution >= 4 is 21.6 Å². The number of rotatable bonds is 8. The molecule has 0 spiro atoms. The summed E-state index contributed by atoms with van der Waals surface area (Å²) in [4.78, 5) is 12.4. The molecule has 3 aromatic rings. The fourth-order valence-electron chi connectivity index (χ4n) is 2.80. The average Bonchev–Trinajstić information content (AvgIpc) is 2.70. The highest BCUT2D eigenvalue weighted by atomic mass is 32.2. The van der Waals surface area contributed by atoms with Gasteiger partial charge in [0.15, 0.2) is 0 Å². The van der Waals surface area contributed by atoms with E-state index in [0.717, 1.165) is 6.42 Å². The average molecular weight is 410 g/mol. The minimum Gasteiger partial charge on any atom is -0.491 e. The van der Waals surface area contributed by atoms with Gasteiger partial charge in [0, 0.05) is 6.42 Å². The van der Waals surface area contributed by atoms with Gasteiger partial charge in [-0.25, -0.2) is 13.6 Å². The number of para-hydroxylation sites is 2. The fourth-order valence-corrected chi connectivity index (χ4v) is 3.31. The lowest BCUT2D eigenvalue weighted by Crippen LogP contribution is -2.16. The van der Waals surface area contributed by atoms with Gasteiger partial charge in [0.05, 0.1) is 23.6 Å². The lowest BCUT2D eigenvalue weighted by molar-refractivity contribution is -0.115. The molecule has 0 aliphatic heterocycles. The number of ether oxygens (including phenoxy) is 1. The van der Waals surface area contributed by atoms with E-state index in [-0.39, 0.29) is 17.2 Å². The topological polar surface area (TPSA) is 98.5 Å². The summed E-state index contributed by atoms with van der Waals surface area (Å²) in [6.07, 6.45) is 0.864. The maximum Gasteiger partial charge on any atom is 0.238 e. The Morgan fingerprint density at radius 2 is 1.52 bits per heavy atom. The van der Waals surface area contributed by atoms with E-state index >= 15 is 0 Å². The molecule has 7 heteroatoms. The standard InChI is InChI=1S/C22H22N2O4S/c23-29(26,27)19-12-10-18(11-13-19)16-22(25)24-20-8-4-5-9-21(20)28-15-14-17-6-2-1-3-7-17/h1-13H,14-16H2,(H,24,25)(H2,23,26,27). The summed E-state index contributed by atoms with van der Waals surface area (Å²) < 4.78 is 28.5. The third-order valence-electron chi connectivity index (χ3n) is 4.27. The summed E-state index contributed by atoms with van der Waals surface area (Å²) in [6.45, 7) is 0.492. The number of hydrogen-bond acceptors (Lipinski definition) is 4. The van der Waals surface area contributed by atoms with Gasteiger partial charge in [-0.05, 0) is 35.4 Å². The first-order valence-corrected chi connectivity index (χ1v) is 10.6. The monoisotopic (exact) mass is 410 g/mol. The summed E-state index contributed by atoms with van der Waals surface area (Å²) in [6, 6.07) is 23.2. The van der Waals surface area contributed by atoms with E-state index in [4.69, 9.17) is 9.88 Å². The number of hydrogen-bond donors (Lipinski definition) is 2. The Bertz CT molecular complexity index is 1070. The molecule has 0 atom stereocenters. The normalized spacial score (nSPS) is 11.1. The van der Waals surface area contributed by atoms with Crippen LogP contribution >= 0.6 is 0 Å². The lowest BCUT2D eigenvalue weighted by Gasteiger charge is -2.13. The van der Waals surface area contributed by atoms with Crippen molar-refractivity contribution in [1.29, 1.82) is 0 Å². The van der Waals surface area contributed by atoms with Gasteiger partial charge >= 0.3 is 0 Å². The summed E-state index contributed by atoms with van der Waals surface area (Å²) in [5.74, 6) is 0.369. The smallest absolute Gasteiger partial charge is 0.238 e. The highest BCUT2D eigenvalue weighted by molar-refractivity contribution is 7.89. The van der Waals surface area contributed by atoms with Crippen LogP contribution in [0, 0.1) is 0 Å². The molecule has 0 aliphatic rings. The van der Waals surface area contributed by atoms with Gasteiger partial charge in [-0.1, -0.05) is 54.6 Å². The van der Waals surface area contributed by atoms with E-state index < -0.39 is 10.0 Å². The summed E-state index contributed by atoms with van der Waals surface area (Å²) in [5, 5.41) is 7.93. The predicted molar refractivity (Wildman–Crippen MR) is 112 cm³/mol. The number of primary sulfonamides is 1. The molecule has 3 aromatic carbocycles. The van der Waals surface area contributed by atoms with Crippen molar-refractivity contribution < 1.29 is 17.9 Å². The first kappa shape index (κ1) is 20.6. The van der Waals surface area contributed by atoms with E-state index in [0.29, 0.717) is 23.6 Å². The molecule has 6 nitrogen and oxygen atoms in total. The van der Waals surface area contributed by atoms with Gasteiger partial charge in [-0.15, -0.1) is 0 Å². The number of carbonyl (C=O) groups is 1. The van der Waals surface area contributed by atoms with Crippen LogP contribution in [0.4, 0.5) is 5.69 Å². The Kier molecular flexibility index (Phi) is 6.64. The highest BCUT2D eigenvalue weighted by Gasteiger charge is 2.11. The van der Waals surface area contributed by atoms with Crippen LogP contribution in [-0.2, 0) is 27.7 Å². The number of amides is 1. The second-order valence-corrected chi connectivity index (χ2v) is 8.06. The molecule has 150 valence electrons. The van der Waals surface area contributed by atoms with E-state index in [1.165, 1.54) is 17.7 Å². The van der Waals surface area contributed by atoms with E-state index in [1.54, 1.807) is 18.2 Å². The Balaban J connectivity index is 1.59. The first-order valence-electron chi connectivity index (χ1n) is 9.09. The fraction of sp³-hybridized carbons (Fsp3) is 0.136. The second kappa shape index (κ2) is 9.36. The van der Waals surface area contributed by atoms with Crippen LogP contribution in [0.2, 0.25) is 0 Å². The van der Waals surface area contributed by atoms with Crippen molar-refractivity contribution in [3.05, 3.63) is 90.0 Å². The number of benzene rings is 3. The van der Waals surface area contributed by atoms with Gasteiger partial charge in [0.1, 0.15) is 5.75 Å². The molecule has 0 aliphatic carbocycles. The van der Waals surface area contributed by atoms with Crippen LogP contribution < -0.4 is 15.2 Å². The summed E-state index contributed by atoms with van der Waals surface area (Å²) in [7, 11) is -3.75. The van der Waals surface area contributed by atoms with Crippen molar-refractivity contribution in [2.24, 2.45) is 5.14 Å².